The highest BCUT2D eigenvalue weighted by molar-refractivity contribution is 5.33. The molecular weight excluding hydrogens is 294 g/mol. The largest absolute Gasteiger partial charge is 0.465 e. The molecule has 0 radical (unpaired) electrons. The molecule has 0 saturated carbocycles. The van der Waals surface area contributed by atoms with Crippen molar-refractivity contribution in [1.29, 1.82) is 5.26 Å². The summed E-state index contributed by atoms with van der Waals surface area (Å²) in [5.41, 5.74) is 0.307. The van der Waals surface area contributed by atoms with E-state index in [2.05, 4.69) is 20.2 Å². The second-order valence-electron chi connectivity index (χ2n) is 5.39. The molecule has 0 bridgehead atoms. The first-order valence-electron chi connectivity index (χ1n) is 7.60. The second-order valence-corrected chi connectivity index (χ2v) is 5.39. The first-order chi connectivity index (χ1) is 11.3. The fourth-order valence-electron chi connectivity index (χ4n) is 2.61. The van der Waals surface area contributed by atoms with Crippen molar-refractivity contribution in [2.45, 2.75) is 13.0 Å². The van der Waals surface area contributed by atoms with Crippen molar-refractivity contribution in [3.8, 4) is 6.07 Å². The summed E-state index contributed by atoms with van der Waals surface area (Å²) in [6.45, 7) is 5.78. The Labute approximate surface area is 134 Å². The van der Waals surface area contributed by atoms with Crippen molar-refractivity contribution in [2.75, 3.05) is 38.2 Å². The van der Waals surface area contributed by atoms with E-state index >= 15 is 0 Å². The van der Waals surface area contributed by atoms with Gasteiger partial charge < -0.3 is 14.5 Å². The van der Waals surface area contributed by atoms with Gasteiger partial charge in [0.25, 0.3) is 0 Å². The van der Waals surface area contributed by atoms with Crippen LogP contribution in [-0.4, -0.2) is 47.7 Å². The lowest BCUT2D eigenvalue weighted by Crippen LogP contribution is -2.41. The Morgan fingerprint density at radius 3 is 2.74 bits per heavy atom. The number of hydrogen-bond acceptors (Lipinski definition) is 7. The maximum absolute atomic E-state index is 8.76. The van der Waals surface area contributed by atoms with Crippen LogP contribution < -0.4 is 5.32 Å². The molecule has 1 aliphatic rings. The van der Waals surface area contributed by atoms with E-state index in [1.165, 1.54) is 6.20 Å². The van der Waals surface area contributed by atoms with E-state index in [-0.39, 0.29) is 6.04 Å². The molecule has 0 aliphatic carbocycles. The Morgan fingerprint density at radius 2 is 2.13 bits per heavy atom. The van der Waals surface area contributed by atoms with Crippen LogP contribution in [0, 0.1) is 18.3 Å². The number of hydrogen-bond donors (Lipinski definition) is 1. The topological polar surface area (TPSA) is 87.2 Å². The van der Waals surface area contributed by atoms with Crippen LogP contribution in [0.4, 0.5) is 5.82 Å². The monoisotopic (exact) mass is 313 g/mol. The van der Waals surface area contributed by atoms with Gasteiger partial charge in [-0.2, -0.15) is 5.26 Å². The molecule has 1 aliphatic heterocycles. The minimum Gasteiger partial charge on any atom is -0.465 e. The van der Waals surface area contributed by atoms with Gasteiger partial charge in [0.15, 0.2) is 5.69 Å². The molecule has 3 heterocycles. The maximum atomic E-state index is 8.76. The third kappa shape index (κ3) is 3.86. The molecule has 23 heavy (non-hydrogen) atoms. The van der Waals surface area contributed by atoms with Gasteiger partial charge in [-0.15, -0.1) is 0 Å². The molecule has 0 amide bonds. The summed E-state index contributed by atoms with van der Waals surface area (Å²) < 4.78 is 11.3. The lowest BCUT2D eigenvalue weighted by Gasteiger charge is -2.33. The van der Waals surface area contributed by atoms with Crippen LogP contribution in [0.15, 0.2) is 28.9 Å². The Hall–Kier alpha value is -2.43. The SMILES string of the molecule is Cc1ccc(C(CNc2cnc(C#N)cn2)N2CCOCC2)o1. The number of aryl methyl sites for hydroxylation is 1. The zero-order valence-corrected chi connectivity index (χ0v) is 13.0. The molecule has 0 spiro atoms. The lowest BCUT2D eigenvalue weighted by molar-refractivity contribution is 0.0143. The number of morpholine rings is 1. The van der Waals surface area contributed by atoms with E-state index in [1.54, 1.807) is 6.20 Å². The van der Waals surface area contributed by atoms with Crippen molar-refractivity contribution in [3.05, 3.63) is 41.7 Å². The minimum atomic E-state index is 0.102. The fraction of sp³-hybridized carbons (Fsp3) is 0.438. The molecule has 7 heteroatoms. The summed E-state index contributed by atoms with van der Waals surface area (Å²) in [5.74, 6) is 2.47. The molecule has 0 aromatic carbocycles. The summed E-state index contributed by atoms with van der Waals surface area (Å²) in [7, 11) is 0. The van der Waals surface area contributed by atoms with E-state index in [4.69, 9.17) is 14.4 Å². The first kappa shape index (κ1) is 15.5. The highest BCUT2D eigenvalue weighted by Crippen LogP contribution is 2.24. The number of furan rings is 1. The van der Waals surface area contributed by atoms with Gasteiger partial charge in [0.05, 0.1) is 31.6 Å². The standard InChI is InChI=1S/C16H19N5O2/c1-12-2-3-15(23-12)14(21-4-6-22-7-5-21)10-20-16-11-18-13(8-17)9-19-16/h2-3,9,11,14H,4-7,10H2,1H3,(H,19,20). The number of rotatable bonds is 5. The van der Waals surface area contributed by atoms with Gasteiger partial charge in [-0.3, -0.25) is 4.90 Å². The number of nitrogens with zero attached hydrogens (tertiary/aromatic N) is 4. The number of aromatic nitrogens is 2. The predicted molar refractivity (Wildman–Crippen MR) is 83.8 cm³/mol. The average molecular weight is 313 g/mol. The van der Waals surface area contributed by atoms with Gasteiger partial charge in [0, 0.05) is 19.6 Å². The summed E-state index contributed by atoms with van der Waals surface area (Å²) >= 11 is 0. The summed E-state index contributed by atoms with van der Waals surface area (Å²) in [4.78, 5) is 10.6. The van der Waals surface area contributed by atoms with E-state index in [0.717, 1.165) is 37.8 Å². The van der Waals surface area contributed by atoms with Crippen LogP contribution in [0.3, 0.4) is 0 Å². The third-order valence-electron chi connectivity index (χ3n) is 3.82. The molecule has 1 N–H and O–H groups in total. The molecule has 1 unspecified atom stereocenters. The van der Waals surface area contributed by atoms with Gasteiger partial charge in [-0.1, -0.05) is 0 Å². The predicted octanol–water partition coefficient (Wildman–Crippen LogP) is 1.74. The number of nitrogens with one attached hydrogen (secondary N) is 1. The molecule has 1 saturated heterocycles. The van der Waals surface area contributed by atoms with Crippen LogP contribution >= 0.6 is 0 Å². The van der Waals surface area contributed by atoms with Crippen molar-refractivity contribution in [1.82, 2.24) is 14.9 Å². The van der Waals surface area contributed by atoms with Crippen molar-refractivity contribution in [3.63, 3.8) is 0 Å². The molecular formula is C16H19N5O2. The molecule has 2 aromatic heterocycles. The maximum Gasteiger partial charge on any atom is 0.158 e. The molecule has 7 nitrogen and oxygen atoms in total. The molecule has 1 atom stereocenters. The normalized spacial score (nSPS) is 16.7. The van der Waals surface area contributed by atoms with Crippen molar-refractivity contribution >= 4 is 5.82 Å². The fourth-order valence-corrected chi connectivity index (χ4v) is 2.61. The van der Waals surface area contributed by atoms with Crippen LogP contribution in [-0.2, 0) is 4.74 Å². The first-order valence-corrected chi connectivity index (χ1v) is 7.60. The van der Waals surface area contributed by atoms with E-state index in [9.17, 15) is 0 Å². The third-order valence-corrected chi connectivity index (χ3v) is 3.82. The van der Waals surface area contributed by atoms with Gasteiger partial charge >= 0.3 is 0 Å². The van der Waals surface area contributed by atoms with E-state index in [0.29, 0.717) is 18.1 Å². The minimum absolute atomic E-state index is 0.102. The Morgan fingerprint density at radius 1 is 1.30 bits per heavy atom. The highest BCUT2D eigenvalue weighted by atomic mass is 16.5. The number of nitriles is 1. The van der Waals surface area contributed by atoms with Gasteiger partial charge in [0.2, 0.25) is 0 Å². The van der Waals surface area contributed by atoms with Gasteiger partial charge in [-0.05, 0) is 19.1 Å². The zero-order valence-electron chi connectivity index (χ0n) is 13.0. The summed E-state index contributed by atoms with van der Waals surface area (Å²) in [6.07, 6.45) is 3.03. The highest BCUT2D eigenvalue weighted by Gasteiger charge is 2.25. The molecule has 120 valence electrons. The quantitative estimate of drug-likeness (QED) is 0.899. The van der Waals surface area contributed by atoms with Crippen molar-refractivity contribution < 1.29 is 9.15 Å². The summed E-state index contributed by atoms with van der Waals surface area (Å²) in [6, 6.07) is 6.05. The smallest absolute Gasteiger partial charge is 0.158 e. The molecule has 1 fully saturated rings. The zero-order chi connectivity index (χ0) is 16.1. The Bertz CT molecular complexity index is 671. The van der Waals surface area contributed by atoms with Crippen LogP contribution in [0.1, 0.15) is 23.3 Å². The molecule has 2 aromatic rings. The lowest BCUT2D eigenvalue weighted by atomic mass is 10.1. The number of ether oxygens (including phenoxy) is 1. The van der Waals surface area contributed by atoms with Crippen LogP contribution in [0.2, 0.25) is 0 Å². The Balaban J connectivity index is 1.71. The van der Waals surface area contributed by atoms with E-state index in [1.807, 2.05) is 25.1 Å². The van der Waals surface area contributed by atoms with Crippen LogP contribution in [0.25, 0.3) is 0 Å². The Kier molecular flexibility index (Phi) is 4.86. The van der Waals surface area contributed by atoms with Gasteiger partial charge in [0.1, 0.15) is 23.4 Å². The second kappa shape index (κ2) is 7.22. The average Bonchev–Trinajstić information content (AvgIpc) is 3.03. The summed E-state index contributed by atoms with van der Waals surface area (Å²) in [5, 5.41) is 12.0. The van der Waals surface area contributed by atoms with Crippen molar-refractivity contribution in [2.24, 2.45) is 0 Å². The number of anilines is 1. The van der Waals surface area contributed by atoms with Gasteiger partial charge in [-0.25, -0.2) is 9.97 Å². The molecule has 3 rings (SSSR count). The van der Waals surface area contributed by atoms with Crippen LogP contribution in [0.5, 0.6) is 0 Å². The van der Waals surface area contributed by atoms with E-state index < -0.39 is 0 Å².